The molecule has 0 aliphatic carbocycles. The first-order valence-corrected chi connectivity index (χ1v) is 8.29. The summed E-state index contributed by atoms with van der Waals surface area (Å²) in [6.07, 6.45) is 2.34. The van der Waals surface area contributed by atoms with Crippen LogP contribution in [0.25, 0.3) is 11.5 Å². The SMILES string of the molecule is CC(=O)N1CCc2ccc(NC(=O)c3cc(-c4ccco4)on3)cc2C1. The molecule has 2 amide bonds. The number of benzene rings is 1. The minimum atomic E-state index is -0.370. The molecule has 0 saturated carbocycles. The fourth-order valence-electron chi connectivity index (χ4n) is 3.02. The lowest BCUT2D eigenvalue weighted by Gasteiger charge is -2.28. The van der Waals surface area contributed by atoms with E-state index >= 15 is 0 Å². The summed E-state index contributed by atoms with van der Waals surface area (Å²) in [5, 5.41) is 6.61. The molecule has 4 rings (SSSR count). The molecule has 0 radical (unpaired) electrons. The second kappa shape index (κ2) is 6.51. The molecule has 3 heterocycles. The third-order valence-electron chi connectivity index (χ3n) is 4.43. The van der Waals surface area contributed by atoms with Crippen molar-refractivity contribution >= 4 is 17.5 Å². The van der Waals surface area contributed by atoms with Crippen LogP contribution in [-0.4, -0.2) is 28.4 Å². The van der Waals surface area contributed by atoms with Gasteiger partial charge in [-0.05, 0) is 41.8 Å². The molecule has 1 aliphatic rings. The number of aromatic nitrogens is 1. The highest BCUT2D eigenvalue weighted by molar-refractivity contribution is 6.03. The van der Waals surface area contributed by atoms with Crippen molar-refractivity contribution in [1.29, 1.82) is 0 Å². The Kier molecular flexibility index (Phi) is 4.04. The number of furan rings is 1. The second-order valence-corrected chi connectivity index (χ2v) is 6.18. The Labute approximate surface area is 149 Å². The van der Waals surface area contributed by atoms with Crippen LogP contribution in [0.2, 0.25) is 0 Å². The standard InChI is InChI=1S/C19H17N3O4/c1-12(23)22-7-6-13-4-5-15(9-14(13)11-22)20-19(24)16-10-18(26-21-16)17-3-2-8-25-17/h2-5,8-10H,6-7,11H2,1H3,(H,20,24). The lowest BCUT2D eigenvalue weighted by Crippen LogP contribution is -2.34. The molecule has 0 unspecified atom stereocenters. The molecule has 7 heteroatoms. The molecule has 0 spiro atoms. The van der Waals surface area contributed by atoms with Gasteiger partial charge in [-0.1, -0.05) is 11.2 Å². The van der Waals surface area contributed by atoms with Crippen molar-refractivity contribution in [1.82, 2.24) is 10.1 Å². The minimum Gasteiger partial charge on any atom is -0.461 e. The van der Waals surface area contributed by atoms with Crippen LogP contribution in [0.5, 0.6) is 0 Å². The molecule has 132 valence electrons. The summed E-state index contributed by atoms with van der Waals surface area (Å²) in [6, 6.07) is 10.7. The summed E-state index contributed by atoms with van der Waals surface area (Å²) in [4.78, 5) is 25.8. The average molecular weight is 351 g/mol. The molecular weight excluding hydrogens is 334 g/mol. The number of carbonyl (C=O) groups is 2. The van der Waals surface area contributed by atoms with Crippen molar-refractivity contribution in [2.75, 3.05) is 11.9 Å². The van der Waals surface area contributed by atoms with E-state index in [4.69, 9.17) is 8.94 Å². The smallest absolute Gasteiger partial charge is 0.277 e. The second-order valence-electron chi connectivity index (χ2n) is 6.18. The first kappa shape index (κ1) is 16.1. The van der Waals surface area contributed by atoms with E-state index in [1.165, 1.54) is 17.9 Å². The van der Waals surface area contributed by atoms with E-state index in [2.05, 4.69) is 10.5 Å². The molecule has 3 aromatic rings. The fourth-order valence-corrected chi connectivity index (χ4v) is 3.02. The molecule has 2 aromatic heterocycles. The van der Waals surface area contributed by atoms with Crippen LogP contribution >= 0.6 is 0 Å². The molecule has 0 bridgehead atoms. The van der Waals surface area contributed by atoms with Crippen molar-refractivity contribution in [3.8, 4) is 11.5 Å². The van der Waals surface area contributed by atoms with Crippen LogP contribution in [-0.2, 0) is 17.8 Å². The van der Waals surface area contributed by atoms with Crippen LogP contribution in [0.3, 0.4) is 0 Å². The van der Waals surface area contributed by atoms with E-state index in [1.54, 1.807) is 24.0 Å². The molecular formula is C19H17N3O4. The van der Waals surface area contributed by atoms with Gasteiger partial charge >= 0.3 is 0 Å². The summed E-state index contributed by atoms with van der Waals surface area (Å²) < 4.78 is 10.4. The Bertz CT molecular complexity index is 959. The fraction of sp³-hybridized carbons (Fsp3) is 0.211. The van der Waals surface area contributed by atoms with E-state index in [9.17, 15) is 9.59 Å². The number of rotatable bonds is 3. The monoisotopic (exact) mass is 351 g/mol. The number of hydrogen-bond acceptors (Lipinski definition) is 5. The third-order valence-corrected chi connectivity index (χ3v) is 4.43. The van der Waals surface area contributed by atoms with Gasteiger partial charge in [-0.25, -0.2) is 0 Å². The number of fused-ring (bicyclic) bond motifs is 1. The average Bonchev–Trinajstić information content (AvgIpc) is 3.32. The van der Waals surface area contributed by atoms with Crippen molar-refractivity contribution in [2.45, 2.75) is 19.9 Å². The summed E-state index contributed by atoms with van der Waals surface area (Å²) in [5.41, 5.74) is 3.06. The molecule has 0 saturated heterocycles. The van der Waals surface area contributed by atoms with E-state index in [0.717, 1.165) is 18.5 Å². The zero-order valence-corrected chi connectivity index (χ0v) is 14.2. The molecule has 1 N–H and O–H groups in total. The van der Waals surface area contributed by atoms with Gasteiger partial charge in [-0.2, -0.15) is 0 Å². The molecule has 7 nitrogen and oxygen atoms in total. The van der Waals surface area contributed by atoms with Crippen LogP contribution in [0.15, 0.2) is 51.6 Å². The molecule has 0 fully saturated rings. The van der Waals surface area contributed by atoms with Crippen LogP contribution in [0, 0.1) is 0 Å². The Balaban J connectivity index is 1.50. The number of anilines is 1. The normalized spacial score (nSPS) is 13.3. The maximum atomic E-state index is 12.4. The first-order valence-electron chi connectivity index (χ1n) is 8.29. The minimum absolute atomic E-state index is 0.0538. The molecule has 26 heavy (non-hydrogen) atoms. The summed E-state index contributed by atoms with van der Waals surface area (Å²) in [5.74, 6) is 0.584. The van der Waals surface area contributed by atoms with Crippen molar-refractivity contribution in [3.63, 3.8) is 0 Å². The lowest BCUT2D eigenvalue weighted by atomic mass is 9.99. The zero-order valence-electron chi connectivity index (χ0n) is 14.2. The maximum Gasteiger partial charge on any atom is 0.277 e. The summed E-state index contributed by atoms with van der Waals surface area (Å²) in [7, 11) is 0. The summed E-state index contributed by atoms with van der Waals surface area (Å²) >= 11 is 0. The van der Waals surface area contributed by atoms with E-state index in [1.807, 2.05) is 18.2 Å². The van der Waals surface area contributed by atoms with E-state index in [0.29, 0.717) is 23.8 Å². The highest BCUT2D eigenvalue weighted by atomic mass is 16.5. The molecule has 0 atom stereocenters. The van der Waals surface area contributed by atoms with Gasteiger partial charge in [-0.15, -0.1) is 0 Å². The largest absolute Gasteiger partial charge is 0.461 e. The Morgan fingerprint density at radius 1 is 1.15 bits per heavy atom. The highest BCUT2D eigenvalue weighted by Gasteiger charge is 2.20. The summed E-state index contributed by atoms with van der Waals surface area (Å²) in [6.45, 7) is 2.85. The van der Waals surface area contributed by atoms with E-state index < -0.39 is 0 Å². The lowest BCUT2D eigenvalue weighted by molar-refractivity contribution is -0.129. The topological polar surface area (TPSA) is 88.6 Å². The predicted molar refractivity (Wildman–Crippen MR) is 93.4 cm³/mol. The first-order chi connectivity index (χ1) is 12.6. The Morgan fingerprint density at radius 3 is 2.81 bits per heavy atom. The molecule has 1 aliphatic heterocycles. The quantitative estimate of drug-likeness (QED) is 0.783. The van der Waals surface area contributed by atoms with Gasteiger partial charge in [0.05, 0.1) is 6.26 Å². The van der Waals surface area contributed by atoms with Gasteiger partial charge in [-0.3, -0.25) is 9.59 Å². The Hall–Kier alpha value is -3.35. The number of amides is 2. The molecule has 1 aromatic carbocycles. The van der Waals surface area contributed by atoms with Gasteiger partial charge < -0.3 is 19.2 Å². The van der Waals surface area contributed by atoms with Crippen molar-refractivity contribution < 1.29 is 18.5 Å². The van der Waals surface area contributed by atoms with Crippen molar-refractivity contribution in [2.24, 2.45) is 0 Å². The van der Waals surface area contributed by atoms with Crippen molar-refractivity contribution in [3.05, 3.63) is 59.5 Å². The number of carbonyl (C=O) groups excluding carboxylic acids is 2. The van der Waals surface area contributed by atoms with Crippen LogP contribution in [0.4, 0.5) is 5.69 Å². The zero-order chi connectivity index (χ0) is 18.1. The van der Waals surface area contributed by atoms with Gasteiger partial charge in [0, 0.05) is 31.8 Å². The van der Waals surface area contributed by atoms with Crippen LogP contribution < -0.4 is 5.32 Å². The number of hydrogen-bond donors (Lipinski definition) is 1. The van der Waals surface area contributed by atoms with Gasteiger partial charge in [0.15, 0.2) is 11.5 Å². The van der Waals surface area contributed by atoms with Crippen LogP contribution in [0.1, 0.15) is 28.5 Å². The van der Waals surface area contributed by atoms with Gasteiger partial charge in [0.1, 0.15) is 0 Å². The van der Waals surface area contributed by atoms with Gasteiger partial charge in [0.2, 0.25) is 11.7 Å². The number of nitrogens with zero attached hydrogens (tertiary/aromatic N) is 2. The Morgan fingerprint density at radius 2 is 2.04 bits per heavy atom. The third kappa shape index (κ3) is 3.11. The van der Waals surface area contributed by atoms with E-state index in [-0.39, 0.29) is 17.5 Å². The number of nitrogens with one attached hydrogen (secondary N) is 1. The predicted octanol–water partition coefficient (Wildman–Crippen LogP) is 3.09. The maximum absolute atomic E-state index is 12.4. The highest BCUT2D eigenvalue weighted by Crippen LogP contribution is 2.24. The van der Waals surface area contributed by atoms with Gasteiger partial charge in [0.25, 0.3) is 5.91 Å².